The highest BCUT2D eigenvalue weighted by atomic mass is 19.1. The normalized spacial score (nSPS) is 28.6. The molecule has 2 fully saturated rings. The van der Waals surface area contributed by atoms with E-state index in [0.717, 1.165) is 38.9 Å². The maximum Gasteiger partial charge on any atom is 0.134 e. The van der Waals surface area contributed by atoms with E-state index < -0.39 is 11.6 Å². The van der Waals surface area contributed by atoms with Gasteiger partial charge in [-0.15, -0.1) is 0 Å². The van der Waals surface area contributed by atoms with Gasteiger partial charge in [0.15, 0.2) is 0 Å². The van der Waals surface area contributed by atoms with Crippen LogP contribution in [0.1, 0.15) is 24.8 Å². The van der Waals surface area contributed by atoms with Gasteiger partial charge in [0.1, 0.15) is 17.4 Å². The fraction of sp³-hybridized carbons (Fsp3) is 0.667. The number of likely N-dealkylation sites (tertiary alicyclic amines) is 2. The van der Waals surface area contributed by atoms with Gasteiger partial charge in [-0.25, -0.2) is 8.78 Å². The number of benzene rings is 1. The van der Waals surface area contributed by atoms with Gasteiger partial charge < -0.3 is 14.7 Å². The van der Waals surface area contributed by atoms with Crippen molar-refractivity contribution in [1.29, 1.82) is 0 Å². The smallest absolute Gasteiger partial charge is 0.134 e. The number of aliphatic hydroxyl groups excluding tert-OH is 1. The number of ether oxygens (including phenoxy) is 1. The lowest BCUT2D eigenvalue weighted by Crippen LogP contribution is -2.61. The predicted molar refractivity (Wildman–Crippen MR) is 88.0 cm³/mol. The Balaban J connectivity index is 1.76. The molecule has 4 nitrogen and oxygen atoms in total. The van der Waals surface area contributed by atoms with Gasteiger partial charge in [0.25, 0.3) is 0 Å². The average Bonchev–Trinajstić information content (AvgIpc) is 2.58. The zero-order valence-corrected chi connectivity index (χ0v) is 14.4. The fourth-order valence-electron chi connectivity index (χ4n) is 4.29. The Labute approximate surface area is 142 Å². The Morgan fingerprint density at radius 1 is 1.25 bits per heavy atom. The molecule has 0 saturated carbocycles. The van der Waals surface area contributed by atoms with E-state index >= 15 is 0 Å². The SMILES string of the molecule is COc1cc(F)c(CN2CC[C@@]3(CO)CCCN(C)[C@@H]3C2)c(F)c1. The highest BCUT2D eigenvalue weighted by Gasteiger charge is 2.46. The number of hydrogen-bond acceptors (Lipinski definition) is 4. The number of hydrogen-bond donors (Lipinski definition) is 1. The molecule has 0 unspecified atom stereocenters. The Hall–Kier alpha value is -1.24. The number of halogens is 2. The van der Waals surface area contributed by atoms with Crippen molar-refractivity contribution < 1.29 is 18.6 Å². The summed E-state index contributed by atoms with van der Waals surface area (Å²) in [6.45, 7) is 2.90. The third-order valence-electron chi connectivity index (χ3n) is 5.83. The van der Waals surface area contributed by atoms with E-state index in [1.807, 2.05) is 0 Å². The summed E-state index contributed by atoms with van der Waals surface area (Å²) in [6, 6.07) is 2.69. The van der Waals surface area contributed by atoms with E-state index in [9.17, 15) is 13.9 Å². The molecule has 2 atom stereocenters. The molecule has 1 aromatic carbocycles. The van der Waals surface area contributed by atoms with E-state index in [2.05, 4.69) is 16.8 Å². The minimum absolute atomic E-state index is 0.0690. The summed E-state index contributed by atoms with van der Waals surface area (Å²) >= 11 is 0. The van der Waals surface area contributed by atoms with E-state index in [1.165, 1.54) is 19.2 Å². The van der Waals surface area contributed by atoms with Crippen molar-refractivity contribution in [2.24, 2.45) is 5.41 Å². The highest BCUT2D eigenvalue weighted by Crippen LogP contribution is 2.41. The minimum atomic E-state index is -0.567. The molecule has 134 valence electrons. The quantitative estimate of drug-likeness (QED) is 0.912. The minimum Gasteiger partial charge on any atom is -0.497 e. The zero-order valence-electron chi connectivity index (χ0n) is 14.4. The molecule has 0 amide bonds. The maximum atomic E-state index is 14.2. The molecule has 0 radical (unpaired) electrons. The van der Waals surface area contributed by atoms with E-state index in [4.69, 9.17) is 4.74 Å². The second-order valence-corrected chi connectivity index (χ2v) is 7.18. The molecule has 3 rings (SSSR count). The summed E-state index contributed by atoms with van der Waals surface area (Å²) in [6.07, 6.45) is 2.98. The Bertz CT molecular complexity index is 575. The Morgan fingerprint density at radius 2 is 1.96 bits per heavy atom. The molecular weight excluding hydrogens is 314 g/mol. The topological polar surface area (TPSA) is 35.9 Å². The third-order valence-corrected chi connectivity index (χ3v) is 5.83. The van der Waals surface area contributed by atoms with Gasteiger partial charge in [-0.3, -0.25) is 4.90 Å². The van der Waals surface area contributed by atoms with Crippen molar-refractivity contribution in [3.05, 3.63) is 29.3 Å². The number of nitrogens with zero attached hydrogens (tertiary/aromatic N) is 2. The number of piperidine rings is 2. The molecular formula is C18H26F2N2O2. The number of likely N-dealkylation sites (N-methyl/N-ethyl adjacent to an activating group) is 1. The van der Waals surface area contributed by atoms with Crippen molar-refractivity contribution in [2.75, 3.05) is 40.4 Å². The van der Waals surface area contributed by atoms with E-state index in [-0.39, 0.29) is 35.9 Å². The van der Waals surface area contributed by atoms with Gasteiger partial charge in [0.05, 0.1) is 13.7 Å². The van der Waals surface area contributed by atoms with Crippen LogP contribution < -0.4 is 4.74 Å². The second-order valence-electron chi connectivity index (χ2n) is 7.18. The molecule has 2 aliphatic rings. The van der Waals surface area contributed by atoms with E-state index in [0.29, 0.717) is 0 Å². The van der Waals surface area contributed by atoms with Crippen LogP contribution in [0.4, 0.5) is 8.78 Å². The summed E-state index contributed by atoms with van der Waals surface area (Å²) in [7, 11) is 3.47. The first kappa shape index (κ1) is 17.6. The first-order valence-electron chi connectivity index (χ1n) is 8.54. The number of rotatable bonds is 4. The van der Waals surface area contributed by atoms with Crippen molar-refractivity contribution in [2.45, 2.75) is 31.8 Å². The van der Waals surface area contributed by atoms with Gasteiger partial charge in [-0.2, -0.15) is 0 Å². The average molecular weight is 340 g/mol. The molecule has 0 aliphatic carbocycles. The molecule has 0 bridgehead atoms. The Kier molecular flexibility index (Phi) is 5.08. The molecule has 2 aliphatic heterocycles. The summed E-state index contributed by atoms with van der Waals surface area (Å²) in [5.41, 5.74) is 0.0197. The first-order chi connectivity index (χ1) is 11.5. The molecule has 6 heteroatoms. The lowest BCUT2D eigenvalue weighted by molar-refractivity contribution is -0.0687. The van der Waals surface area contributed by atoms with Crippen LogP contribution in [-0.4, -0.2) is 61.3 Å². The standard InChI is InChI=1S/C18H26F2N2O2/c1-21-6-3-4-18(12-23)5-7-22(11-17(18)21)10-14-15(19)8-13(24-2)9-16(14)20/h8-9,17,23H,3-7,10-12H2,1-2H3/t17-,18-/m1/s1. The molecule has 0 spiro atoms. The molecule has 24 heavy (non-hydrogen) atoms. The molecule has 2 saturated heterocycles. The summed E-state index contributed by atoms with van der Waals surface area (Å²) in [5.74, 6) is -0.940. The summed E-state index contributed by atoms with van der Waals surface area (Å²) in [4.78, 5) is 4.38. The number of aliphatic hydroxyl groups is 1. The Morgan fingerprint density at radius 3 is 2.58 bits per heavy atom. The van der Waals surface area contributed by atoms with Crippen LogP contribution >= 0.6 is 0 Å². The van der Waals surface area contributed by atoms with E-state index in [1.54, 1.807) is 0 Å². The molecule has 2 heterocycles. The zero-order chi connectivity index (χ0) is 17.3. The van der Waals surface area contributed by atoms with Crippen molar-refractivity contribution in [3.8, 4) is 5.75 Å². The molecule has 1 aromatic rings. The van der Waals surface area contributed by atoms with Gasteiger partial charge in [0, 0.05) is 42.2 Å². The van der Waals surface area contributed by atoms with Crippen LogP contribution in [0.15, 0.2) is 12.1 Å². The maximum absolute atomic E-state index is 14.2. The van der Waals surface area contributed by atoms with Gasteiger partial charge >= 0.3 is 0 Å². The largest absolute Gasteiger partial charge is 0.497 e. The van der Waals surface area contributed by atoms with Crippen molar-refractivity contribution in [3.63, 3.8) is 0 Å². The van der Waals surface area contributed by atoms with Crippen LogP contribution in [-0.2, 0) is 6.54 Å². The monoisotopic (exact) mass is 340 g/mol. The highest BCUT2D eigenvalue weighted by molar-refractivity contribution is 5.30. The second kappa shape index (κ2) is 6.94. The van der Waals surface area contributed by atoms with Gasteiger partial charge in [-0.1, -0.05) is 0 Å². The third kappa shape index (κ3) is 3.15. The van der Waals surface area contributed by atoms with Crippen LogP contribution in [0.3, 0.4) is 0 Å². The van der Waals surface area contributed by atoms with Crippen LogP contribution in [0, 0.1) is 17.0 Å². The molecule has 0 aromatic heterocycles. The lowest BCUT2D eigenvalue weighted by Gasteiger charge is -2.53. The number of methoxy groups -OCH3 is 1. The van der Waals surface area contributed by atoms with Crippen molar-refractivity contribution in [1.82, 2.24) is 9.80 Å². The summed E-state index contributed by atoms with van der Waals surface area (Å²) < 4.78 is 33.3. The van der Waals surface area contributed by atoms with Crippen LogP contribution in [0.2, 0.25) is 0 Å². The first-order valence-corrected chi connectivity index (χ1v) is 8.54. The van der Waals surface area contributed by atoms with Crippen LogP contribution in [0.25, 0.3) is 0 Å². The summed E-state index contributed by atoms with van der Waals surface area (Å²) in [5, 5.41) is 9.94. The fourth-order valence-corrected chi connectivity index (χ4v) is 4.29. The molecule has 1 N–H and O–H groups in total. The van der Waals surface area contributed by atoms with Crippen LogP contribution in [0.5, 0.6) is 5.75 Å². The number of fused-ring (bicyclic) bond motifs is 1. The van der Waals surface area contributed by atoms with Crippen molar-refractivity contribution >= 4 is 0 Å². The lowest BCUT2D eigenvalue weighted by atomic mass is 9.69. The van der Waals surface area contributed by atoms with Gasteiger partial charge in [0.2, 0.25) is 0 Å². The van der Waals surface area contributed by atoms with Gasteiger partial charge in [-0.05, 0) is 39.4 Å². The predicted octanol–water partition coefficient (Wildman–Crippen LogP) is 2.25.